The Kier molecular flexibility index (Phi) is 3.26. The summed E-state index contributed by atoms with van der Waals surface area (Å²) in [6, 6.07) is 4.94. The van der Waals surface area contributed by atoms with Crippen LogP contribution in [0.25, 0.3) is 0 Å². The maximum absolute atomic E-state index is 13.2. The first-order valence-corrected chi connectivity index (χ1v) is 6.36. The van der Waals surface area contributed by atoms with Crippen molar-refractivity contribution in [3.63, 3.8) is 0 Å². The number of hydrogen-bond donors (Lipinski definition) is 1. The Bertz CT molecular complexity index is 411. The average molecular weight is 236 g/mol. The lowest BCUT2D eigenvalue weighted by molar-refractivity contribution is 0.0531. The van der Waals surface area contributed by atoms with Gasteiger partial charge >= 0.3 is 0 Å². The Morgan fingerprint density at radius 2 is 2.12 bits per heavy atom. The predicted octanol–water partition coefficient (Wildman–Crippen LogP) is 3.99. The van der Waals surface area contributed by atoms with Gasteiger partial charge in [-0.1, -0.05) is 32.4 Å². The van der Waals surface area contributed by atoms with Crippen LogP contribution in [0.3, 0.4) is 0 Å². The third-order valence-electron chi connectivity index (χ3n) is 4.24. The number of aryl methyl sites for hydroxylation is 1. The molecule has 0 spiro atoms. The van der Waals surface area contributed by atoms with E-state index >= 15 is 0 Å². The largest absolute Gasteiger partial charge is 0.388 e. The summed E-state index contributed by atoms with van der Waals surface area (Å²) in [4.78, 5) is 0. The van der Waals surface area contributed by atoms with Gasteiger partial charge in [0.1, 0.15) is 5.82 Å². The van der Waals surface area contributed by atoms with Crippen molar-refractivity contribution in [2.45, 2.75) is 46.1 Å². The summed E-state index contributed by atoms with van der Waals surface area (Å²) in [6.07, 6.45) is 2.93. The molecule has 0 radical (unpaired) electrons. The van der Waals surface area contributed by atoms with Crippen molar-refractivity contribution in [3.05, 3.63) is 35.1 Å². The Hall–Kier alpha value is -0.890. The third kappa shape index (κ3) is 2.37. The molecule has 0 amide bonds. The molecule has 1 fully saturated rings. The minimum atomic E-state index is -0.466. The molecule has 17 heavy (non-hydrogen) atoms. The van der Waals surface area contributed by atoms with E-state index in [9.17, 15) is 9.50 Å². The normalized spacial score (nSPS) is 24.9. The van der Waals surface area contributed by atoms with Crippen molar-refractivity contribution in [2.24, 2.45) is 11.3 Å². The molecular formula is C15H21FO. The molecule has 1 saturated carbocycles. The molecule has 0 bridgehead atoms. The molecule has 2 heteroatoms. The van der Waals surface area contributed by atoms with Gasteiger partial charge in [0.05, 0.1) is 6.10 Å². The van der Waals surface area contributed by atoms with E-state index in [2.05, 4.69) is 13.8 Å². The van der Waals surface area contributed by atoms with E-state index in [1.807, 2.05) is 0 Å². The number of halogens is 1. The first-order valence-electron chi connectivity index (χ1n) is 6.36. The van der Waals surface area contributed by atoms with Crippen LogP contribution < -0.4 is 0 Å². The first kappa shape index (κ1) is 12.6. The number of benzene rings is 1. The molecule has 94 valence electrons. The van der Waals surface area contributed by atoms with Gasteiger partial charge in [-0.3, -0.25) is 0 Å². The number of aliphatic hydroxyl groups is 1. The van der Waals surface area contributed by atoms with Crippen molar-refractivity contribution < 1.29 is 9.50 Å². The second-order valence-corrected chi connectivity index (χ2v) is 5.94. The Morgan fingerprint density at radius 1 is 1.41 bits per heavy atom. The molecule has 1 aromatic rings. The fourth-order valence-electron chi connectivity index (χ4n) is 3.02. The lowest BCUT2D eigenvalue weighted by Gasteiger charge is -2.31. The molecule has 1 N–H and O–H groups in total. The quantitative estimate of drug-likeness (QED) is 0.823. The summed E-state index contributed by atoms with van der Waals surface area (Å²) in [5.74, 6) is 0.0824. The van der Waals surface area contributed by atoms with E-state index in [4.69, 9.17) is 0 Å². The van der Waals surface area contributed by atoms with E-state index < -0.39 is 6.10 Å². The zero-order valence-electron chi connectivity index (χ0n) is 10.8. The molecule has 0 saturated heterocycles. The van der Waals surface area contributed by atoms with Crippen LogP contribution in [0.5, 0.6) is 0 Å². The maximum Gasteiger partial charge on any atom is 0.126 e. The highest BCUT2D eigenvalue weighted by Gasteiger charge is 2.39. The van der Waals surface area contributed by atoms with Crippen LogP contribution in [-0.4, -0.2) is 5.11 Å². The molecule has 1 aliphatic rings. The van der Waals surface area contributed by atoms with E-state index in [1.165, 1.54) is 12.5 Å². The number of hydrogen-bond acceptors (Lipinski definition) is 1. The van der Waals surface area contributed by atoms with Crippen molar-refractivity contribution in [1.29, 1.82) is 0 Å². The van der Waals surface area contributed by atoms with Gasteiger partial charge < -0.3 is 5.11 Å². The molecule has 2 rings (SSSR count). The van der Waals surface area contributed by atoms with Crippen LogP contribution >= 0.6 is 0 Å². The van der Waals surface area contributed by atoms with Crippen LogP contribution in [0.15, 0.2) is 18.2 Å². The Balaban J connectivity index is 2.25. The van der Waals surface area contributed by atoms with E-state index in [1.54, 1.807) is 19.1 Å². The van der Waals surface area contributed by atoms with Gasteiger partial charge in [-0.25, -0.2) is 4.39 Å². The van der Waals surface area contributed by atoms with Crippen LogP contribution in [0, 0.1) is 24.1 Å². The highest BCUT2D eigenvalue weighted by Crippen LogP contribution is 2.48. The molecule has 2 unspecified atom stereocenters. The van der Waals surface area contributed by atoms with E-state index in [-0.39, 0.29) is 17.2 Å². The van der Waals surface area contributed by atoms with Gasteiger partial charge in [0.25, 0.3) is 0 Å². The fraction of sp³-hybridized carbons (Fsp3) is 0.600. The van der Waals surface area contributed by atoms with Crippen LogP contribution in [0.4, 0.5) is 4.39 Å². The molecule has 0 aromatic heterocycles. The first-order chi connectivity index (χ1) is 7.92. The zero-order valence-corrected chi connectivity index (χ0v) is 10.8. The molecule has 1 nitrogen and oxygen atoms in total. The topological polar surface area (TPSA) is 20.2 Å². The molecule has 0 heterocycles. The van der Waals surface area contributed by atoms with Crippen LogP contribution in [0.1, 0.15) is 50.3 Å². The number of rotatable bonds is 2. The summed E-state index contributed by atoms with van der Waals surface area (Å²) in [7, 11) is 0. The van der Waals surface area contributed by atoms with Gasteiger partial charge in [0, 0.05) is 0 Å². The van der Waals surface area contributed by atoms with Crippen molar-refractivity contribution in [2.75, 3.05) is 0 Å². The average Bonchev–Trinajstić information content (AvgIpc) is 2.61. The summed E-state index contributed by atoms with van der Waals surface area (Å²) in [6.45, 7) is 6.17. The van der Waals surface area contributed by atoms with Crippen LogP contribution in [-0.2, 0) is 0 Å². The predicted molar refractivity (Wildman–Crippen MR) is 67.2 cm³/mol. The maximum atomic E-state index is 13.2. The summed E-state index contributed by atoms with van der Waals surface area (Å²) >= 11 is 0. The summed E-state index contributed by atoms with van der Waals surface area (Å²) < 4.78 is 13.2. The monoisotopic (exact) mass is 236 g/mol. The molecule has 1 aromatic carbocycles. The molecule has 1 aliphatic carbocycles. The third-order valence-corrected chi connectivity index (χ3v) is 4.24. The molecule has 2 atom stereocenters. The minimum Gasteiger partial charge on any atom is -0.388 e. The van der Waals surface area contributed by atoms with Crippen molar-refractivity contribution in [3.8, 4) is 0 Å². The van der Waals surface area contributed by atoms with Crippen molar-refractivity contribution in [1.82, 2.24) is 0 Å². The molecular weight excluding hydrogens is 215 g/mol. The number of aliphatic hydroxyl groups excluding tert-OH is 1. The Labute approximate surface area is 103 Å². The second-order valence-electron chi connectivity index (χ2n) is 5.94. The van der Waals surface area contributed by atoms with Gasteiger partial charge in [-0.15, -0.1) is 0 Å². The van der Waals surface area contributed by atoms with E-state index in [0.29, 0.717) is 5.56 Å². The zero-order chi connectivity index (χ0) is 12.6. The smallest absolute Gasteiger partial charge is 0.126 e. The van der Waals surface area contributed by atoms with Gasteiger partial charge in [0.15, 0.2) is 0 Å². The lowest BCUT2D eigenvalue weighted by Crippen LogP contribution is -2.24. The Morgan fingerprint density at radius 3 is 2.65 bits per heavy atom. The summed E-state index contributed by atoms with van der Waals surface area (Å²) in [5, 5.41) is 10.4. The highest BCUT2D eigenvalue weighted by atomic mass is 19.1. The standard InChI is InChI=1S/C15H21FO/c1-10-9-11(6-7-13(10)16)14(17)12-5-4-8-15(12,2)3/h6-7,9,12,14,17H,4-5,8H2,1-3H3. The highest BCUT2D eigenvalue weighted by molar-refractivity contribution is 5.26. The van der Waals surface area contributed by atoms with Crippen molar-refractivity contribution >= 4 is 0 Å². The summed E-state index contributed by atoms with van der Waals surface area (Å²) in [5.41, 5.74) is 1.64. The van der Waals surface area contributed by atoms with Gasteiger partial charge in [-0.2, -0.15) is 0 Å². The SMILES string of the molecule is Cc1cc(C(O)C2CCCC2(C)C)ccc1F. The minimum absolute atomic E-state index is 0.182. The van der Waals surface area contributed by atoms with Crippen LogP contribution in [0.2, 0.25) is 0 Å². The fourth-order valence-corrected chi connectivity index (χ4v) is 3.02. The van der Waals surface area contributed by atoms with E-state index in [0.717, 1.165) is 18.4 Å². The second kappa shape index (κ2) is 4.41. The molecule has 0 aliphatic heterocycles. The lowest BCUT2D eigenvalue weighted by atomic mass is 9.76. The van der Waals surface area contributed by atoms with Gasteiger partial charge in [-0.05, 0) is 48.3 Å². The van der Waals surface area contributed by atoms with Gasteiger partial charge in [0.2, 0.25) is 0 Å².